The molecule has 3 aromatic rings. The number of anilines is 1. The number of piperazine rings is 1. The van der Waals surface area contributed by atoms with E-state index in [-0.39, 0.29) is 17.6 Å². The standard InChI is InChI=1S/C27H32N6O2/c1-18-16-31(25(34)35-26(2,3)4)12-13-32(18)24-23-20(27(5)8-9-27)17-33(21(23)7-11-30-24)22-14-19(15-28)6-10-29-22/h6-7,10-11,14,17-18H,8-9,12-13,16H2,1-5H3/t18-/m0/s1. The third-order valence-corrected chi connectivity index (χ3v) is 7.02. The molecule has 0 aromatic carbocycles. The van der Waals surface area contributed by atoms with Crippen LogP contribution in [0.25, 0.3) is 16.7 Å². The van der Waals surface area contributed by atoms with Gasteiger partial charge >= 0.3 is 6.09 Å². The highest BCUT2D eigenvalue weighted by atomic mass is 16.6. The number of pyridine rings is 2. The SMILES string of the molecule is C[C@H]1CN(C(=O)OC(C)(C)C)CCN1c1nccc2c1c(C1(C)CC1)cn2-c1cc(C#N)ccn1. The minimum atomic E-state index is -0.515. The third-order valence-electron chi connectivity index (χ3n) is 7.02. The molecule has 8 nitrogen and oxygen atoms in total. The number of fused-ring (bicyclic) bond motifs is 1. The third kappa shape index (κ3) is 4.31. The van der Waals surface area contributed by atoms with E-state index in [9.17, 15) is 10.1 Å². The zero-order valence-corrected chi connectivity index (χ0v) is 21.1. The van der Waals surface area contributed by atoms with Gasteiger partial charge in [0, 0.05) is 49.7 Å². The molecule has 1 saturated heterocycles. The van der Waals surface area contributed by atoms with Crippen LogP contribution in [0.3, 0.4) is 0 Å². The van der Waals surface area contributed by atoms with Gasteiger partial charge in [-0.3, -0.25) is 0 Å². The molecular weight excluding hydrogens is 440 g/mol. The van der Waals surface area contributed by atoms with E-state index in [1.165, 1.54) is 5.56 Å². The fourth-order valence-corrected chi connectivity index (χ4v) is 4.87. The van der Waals surface area contributed by atoms with Crippen molar-refractivity contribution in [3.63, 3.8) is 0 Å². The largest absolute Gasteiger partial charge is 0.444 e. The Labute approximate surface area is 206 Å². The van der Waals surface area contributed by atoms with Gasteiger partial charge in [0.05, 0.1) is 17.1 Å². The quantitative estimate of drug-likeness (QED) is 0.545. The van der Waals surface area contributed by atoms with Crippen molar-refractivity contribution in [3.8, 4) is 11.9 Å². The van der Waals surface area contributed by atoms with Gasteiger partial charge in [-0.25, -0.2) is 14.8 Å². The van der Waals surface area contributed by atoms with Gasteiger partial charge in [0.1, 0.15) is 17.2 Å². The van der Waals surface area contributed by atoms with Gasteiger partial charge in [0.15, 0.2) is 0 Å². The molecule has 5 rings (SSSR count). The molecule has 8 heteroatoms. The first kappa shape index (κ1) is 23.2. The molecule has 0 spiro atoms. The second kappa shape index (κ2) is 8.26. The van der Waals surface area contributed by atoms with Crippen molar-refractivity contribution in [1.29, 1.82) is 5.26 Å². The number of hydrogen-bond acceptors (Lipinski definition) is 6. The number of ether oxygens (including phenoxy) is 1. The van der Waals surface area contributed by atoms with Crippen LogP contribution in [-0.2, 0) is 10.2 Å². The lowest BCUT2D eigenvalue weighted by Gasteiger charge is -2.41. The monoisotopic (exact) mass is 472 g/mol. The summed E-state index contributed by atoms with van der Waals surface area (Å²) in [5, 5.41) is 10.5. The molecule has 182 valence electrons. The van der Waals surface area contributed by atoms with Crippen LogP contribution in [0.2, 0.25) is 0 Å². The highest BCUT2D eigenvalue weighted by molar-refractivity contribution is 5.96. The van der Waals surface area contributed by atoms with Gasteiger partial charge in [-0.1, -0.05) is 6.92 Å². The summed E-state index contributed by atoms with van der Waals surface area (Å²) in [6, 6.07) is 7.86. The van der Waals surface area contributed by atoms with E-state index in [1.54, 1.807) is 17.2 Å². The minimum Gasteiger partial charge on any atom is -0.444 e. The van der Waals surface area contributed by atoms with Crippen molar-refractivity contribution in [2.24, 2.45) is 0 Å². The van der Waals surface area contributed by atoms with E-state index in [1.807, 2.05) is 39.1 Å². The van der Waals surface area contributed by atoms with Crippen LogP contribution in [0.15, 0.2) is 36.8 Å². The van der Waals surface area contributed by atoms with E-state index in [2.05, 4.69) is 40.6 Å². The Kier molecular flexibility index (Phi) is 5.47. The van der Waals surface area contributed by atoms with Gasteiger partial charge in [-0.15, -0.1) is 0 Å². The summed E-state index contributed by atoms with van der Waals surface area (Å²) in [5.41, 5.74) is 2.47. The summed E-state index contributed by atoms with van der Waals surface area (Å²) >= 11 is 0. The Balaban J connectivity index is 1.54. The number of nitriles is 1. The number of rotatable bonds is 3. The van der Waals surface area contributed by atoms with Crippen LogP contribution in [-0.4, -0.2) is 56.8 Å². The second-order valence-electron chi connectivity index (χ2n) is 11.0. The summed E-state index contributed by atoms with van der Waals surface area (Å²) in [4.78, 5) is 26.2. The van der Waals surface area contributed by atoms with Gasteiger partial charge in [-0.05, 0) is 69.7 Å². The van der Waals surface area contributed by atoms with Gasteiger partial charge in [0.25, 0.3) is 0 Å². The minimum absolute atomic E-state index is 0.0811. The molecule has 0 unspecified atom stereocenters. The Hall–Kier alpha value is -3.60. The molecule has 4 heterocycles. The number of amides is 1. The van der Waals surface area contributed by atoms with Crippen molar-refractivity contribution < 1.29 is 9.53 Å². The van der Waals surface area contributed by atoms with E-state index < -0.39 is 5.60 Å². The highest BCUT2D eigenvalue weighted by Gasteiger charge is 2.43. The summed E-state index contributed by atoms with van der Waals surface area (Å²) in [5.74, 6) is 1.67. The topological polar surface area (TPSA) is 87.3 Å². The Morgan fingerprint density at radius 2 is 1.94 bits per heavy atom. The molecule has 0 radical (unpaired) electrons. The van der Waals surface area contributed by atoms with Crippen molar-refractivity contribution in [1.82, 2.24) is 19.4 Å². The maximum atomic E-state index is 12.7. The van der Waals surface area contributed by atoms with Gasteiger partial charge in [-0.2, -0.15) is 5.26 Å². The lowest BCUT2D eigenvalue weighted by molar-refractivity contribution is 0.0218. The summed E-state index contributed by atoms with van der Waals surface area (Å²) in [7, 11) is 0. The molecule has 3 aromatic heterocycles. The molecule has 1 saturated carbocycles. The van der Waals surface area contributed by atoms with E-state index >= 15 is 0 Å². The number of carbonyl (C=O) groups is 1. The zero-order chi connectivity index (χ0) is 25.0. The van der Waals surface area contributed by atoms with Gasteiger partial charge < -0.3 is 19.1 Å². The normalized spacial score (nSPS) is 19.5. The maximum absolute atomic E-state index is 12.7. The maximum Gasteiger partial charge on any atom is 0.410 e. The molecule has 2 fully saturated rings. The predicted molar refractivity (Wildman–Crippen MR) is 135 cm³/mol. The Morgan fingerprint density at radius 1 is 1.20 bits per heavy atom. The fraction of sp³-hybridized carbons (Fsp3) is 0.481. The fourth-order valence-electron chi connectivity index (χ4n) is 4.87. The molecule has 35 heavy (non-hydrogen) atoms. The first-order valence-corrected chi connectivity index (χ1v) is 12.2. The number of hydrogen-bond donors (Lipinski definition) is 0. The molecule has 0 N–H and O–H groups in total. The molecular formula is C27H32N6O2. The van der Waals surface area contributed by atoms with E-state index in [4.69, 9.17) is 9.72 Å². The van der Waals surface area contributed by atoms with Crippen LogP contribution in [0.1, 0.15) is 58.6 Å². The van der Waals surface area contributed by atoms with Crippen molar-refractivity contribution in [3.05, 3.63) is 47.9 Å². The van der Waals surface area contributed by atoms with Crippen molar-refractivity contribution in [2.45, 2.75) is 64.5 Å². The molecule has 1 aliphatic carbocycles. The average Bonchev–Trinajstić information content (AvgIpc) is 3.43. The second-order valence-corrected chi connectivity index (χ2v) is 11.0. The van der Waals surface area contributed by atoms with Crippen molar-refractivity contribution >= 4 is 22.8 Å². The average molecular weight is 473 g/mol. The number of nitrogens with zero attached hydrogens (tertiary/aromatic N) is 6. The van der Waals surface area contributed by atoms with E-state index in [0.717, 1.165) is 35.4 Å². The lowest BCUT2D eigenvalue weighted by Crippen LogP contribution is -2.54. The van der Waals surface area contributed by atoms with Crippen LogP contribution in [0.5, 0.6) is 0 Å². The summed E-state index contributed by atoms with van der Waals surface area (Å²) in [6.07, 6.45) is 7.69. The summed E-state index contributed by atoms with van der Waals surface area (Å²) in [6.45, 7) is 11.9. The zero-order valence-electron chi connectivity index (χ0n) is 21.1. The van der Waals surface area contributed by atoms with Crippen LogP contribution in [0, 0.1) is 11.3 Å². The molecule has 1 atom stereocenters. The first-order valence-electron chi connectivity index (χ1n) is 12.2. The summed E-state index contributed by atoms with van der Waals surface area (Å²) < 4.78 is 7.68. The number of carbonyl (C=O) groups excluding carboxylic acids is 1. The molecule has 0 bridgehead atoms. The van der Waals surface area contributed by atoms with Crippen molar-refractivity contribution in [2.75, 3.05) is 24.5 Å². The van der Waals surface area contributed by atoms with Gasteiger partial charge in [0.2, 0.25) is 0 Å². The molecule has 1 amide bonds. The highest BCUT2D eigenvalue weighted by Crippen LogP contribution is 2.52. The van der Waals surface area contributed by atoms with Crippen LogP contribution in [0.4, 0.5) is 10.6 Å². The first-order chi connectivity index (χ1) is 16.6. The predicted octanol–water partition coefficient (Wildman–Crippen LogP) is 4.79. The Morgan fingerprint density at radius 3 is 2.60 bits per heavy atom. The molecule has 1 aliphatic heterocycles. The molecule has 2 aliphatic rings. The lowest BCUT2D eigenvalue weighted by atomic mass is 9.97. The van der Waals surface area contributed by atoms with Crippen LogP contribution >= 0.6 is 0 Å². The van der Waals surface area contributed by atoms with Crippen LogP contribution < -0.4 is 4.90 Å². The van der Waals surface area contributed by atoms with E-state index in [0.29, 0.717) is 25.2 Å². The smallest absolute Gasteiger partial charge is 0.410 e. The number of aromatic nitrogens is 3. The Bertz CT molecular complexity index is 1330.